The Kier molecular flexibility index (Phi) is 2.86. The van der Waals surface area contributed by atoms with Crippen molar-refractivity contribution in [1.29, 1.82) is 0 Å². The van der Waals surface area contributed by atoms with Gasteiger partial charge in [0, 0.05) is 19.4 Å². The smallest absolute Gasteiger partial charge is 0.173 e. The van der Waals surface area contributed by atoms with E-state index in [1.165, 1.54) is 0 Å². The van der Waals surface area contributed by atoms with Crippen molar-refractivity contribution in [3.05, 3.63) is 18.0 Å². The van der Waals surface area contributed by atoms with Crippen molar-refractivity contribution in [2.24, 2.45) is 10.9 Å². The number of amidine groups is 1. The second-order valence-electron chi connectivity index (χ2n) is 3.54. The number of aromatic nitrogens is 2. The van der Waals surface area contributed by atoms with Gasteiger partial charge in [0.25, 0.3) is 0 Å². The number of rotatable bonds is 2. The predicted molar refractivity (Wildman–Crippen MR) is 53.8 cm³/mol. The van der Waals surface area contributed by atoms with Crippen LogP contribution in [0.15, 0.2) is 17.5 Å². The Balaban J connectivity index is 2.12. The summed E-state index contributed by atoms with van der Waals surface area (Å²) in [6.45, 7) is 1.53. The molecule has 0 atom stereocenters. The molecule has 0 spiro atoms. The van der Waals surface area contributed by atoms with E-state index in [4.69, 9.17) is 15.7 Å². The fourth-order valence-corrected chi connectivity index (χ4v) is 1.68. The molecule has 15 heavy (non-hydrogen) atoms. The molecule has 6 nitrogen and oxygen atoms in total. The van der Waals surface area contributed by atoms with Crippen molar-refractivity contribution in [2.75, 3.05) is 13.2 Å². The van der Waals surface area contributed by atoms with E-state index in [2.05, 4.69) is 10.3 Å². The van der Waals surface area contributed by atoms with Crippen molar-refractivity contribution in [2.45, 2.75) is 18.9 Å². The molecule has 0 bridgehead atoms. The SMILES string of the molecule is N/C(=N/O)c1cnn(C2CCOCC2)c1. The van der Waals surface area contributed by atoms with Crippen LogP contribution in [0.25, 0.3) is 0 Å². The van der Waals surface area contributed by atoms with E-state index in [1.54, 1.807) is 12.4 Å². The maximum atomic E-state index is 8.51. The molecule has 1 aromatic rings. The zero-order valence-electron chi connectivity index (χ0n) is 8.33. The summed E-state index contributed by atoms with van der Waals surface area (Å²) >= 11 is 0. The first-order chi connectivity index (χ1) is 7.31. The Bertz CT molecular complexity index is 355. The molecule has 0 saturated carbocycles. The monoisotopic (exact) mass is 210 g/mol. The molecular weight excluding hydrogens is 196 g/mol. The van der Waals surface area contributed by atoms with Crippen LogP contribution in [0.2, 0.25) is 0 Å². The fourth-order valence-electron chi connectivity index (χ4n) is 1.68. The van der Waals surface area contributed by atoms with Crippen LogP contribution in [0.1, 0.15) is 24.4 Å². The van der Waals surface area contributed by atoms with Crippen molar-refractivity contribution in [3.8, 4) is 0 Å². The van der Waals surface area contributed by atoms with Crippen molar-refractivity contribution in [1.82, 2.24) is 9.78 Å². The lowest BCUT2D eigenvalue weighted by atomic mass is 10.1. The van der Waals surface area contributed by atoms with E-state index in [9.17, 15) is 0 Å². The van der Waals surface area contributed by atoms with Crippen LogP contribution in [0.5, 0.6) is 0 Å². The maximum Gasteiger partial charge on any atom is 0.173 e. The number of hydrogen-bond acceptors (Lipinski definition) is 4. The molecule has 3 N–H and O–H groups in total. The molecule has 1 aliphatic rings. The summed E-state index contributed by atoms with van der Waals surface area (Å²) in [5, 5.41) is 15.6. The average molecular weight is 210 g/mol. The molecule has 1 fully saturated rings. The van der Waals surface area contributed by atoms with Gasteiger partial charge in [-0.15, -0.1) is 0 Å². The normalized spacial score (nSPS) is 19.3. The van der Waals surface area contributed by atoms with E-state index < -0.39 is 0 Å². The van der Waals surface area contributed by atoms with Gasteiger partial charge >= 0.3 is 0 Å². The fraction of sp³-hybridized carbons (Fsp3) is 0.556. The minimum Gasteiger partial charge on any atom is -0.409 e. The number of nitrogens with zero attached hydrogens (tertiary/aromatic N) is 3. The summed E-state index contributed by atoms with van der Waals surface area (Å²) in [7, 11) is 0. The summed E-state index contributed by atoms with van der Waals surface area (Å²) in [6.07, 6.45) is 5.31. The highest BCUT2D eigenvalue weighted by Gasteiger charge is 2.16. The molecule has 6 heteroatoms. The minimum absolute atomic E-state index is 0.0910. The summed E-state index contributed by atoms with van der Waals surface area (Å²) < 4.78 is 7.12. The van der Waals surface area contributed by atoms with Crippen molar-refractivity contribution in [3.63, 3.8) is 0 Å². The van der Waals surface area contributed by atoms with Crippen LogP contribution in [-0.4, -0.2) is 34.0 Å². The Morgan fingerprint density at radius 3 is 3.00 bits per heavy atom. The standard InChI is InChI=1S/C9H14N4O2/c10-9(12-14)7-5-11-13(6-7)8-1-3-15-4-2-8/h5-6,8,14H,1-4H2,(H2,10,12). The van der Waals surface area contributed by atoms with E-state index >= 15 is 0 Å². The zero-order chi connectivity index (χ0) is 10.7. The number of nitrogens with two attached hydrogens (primary N) is 1. The van der Waals surface area contributed by atoms with E-state index in [1.807, 2.05) is 4.68 Å². The summed E-state index contributed by atoms with van der Waals surface area (Å²) in [6, 6.07) is 0.360. The van der Waals surface area contributed by atoms with Crippen molar-refractivity contribution >= 4 is 5.84 Å². The summed E-state index contributed by atoms with van der Waals surface area (Å²) in [5.74, 6) is 0.0910. The molecule has 1 aliphatic heterocycles. The van der Waals surface area contributed by atoms with Gasteiger partial charge in [-0.05, 0) is 12.8 Å². The Hall–Kier alpha value is -1.56. The third-order valence-electron chi connectivity index (χ3n) is 2.57. The van der Waals surface area contributed by atoms with Gasteiger partial charge in [-0.2, -0.15) is 5.10 Å². The van der Waals surface area contributed by atoms with Crippen LogP contribution >= 0.6 is 0 Å². The summed E-state index contributed by atoms with van der Waals surface area (Å²) in [5.41, 5.74) is 6.10. The molecule has 0 aliphatic carbocycles. The topological polar surface area (TPSA) is 85.7 Å². The Morgan fingerprint density at radius 1 is 1.60 bits per heavy atom. The molecule has 1 aromatic heterocycles. The minimum atomic E-state index is 0.0910. The maximum absolute atomic E-state index is 8.51. The van der Waals surface area contributed by atoms with Crippen LogP contribution < -0.4 is 5.73 Å². The second kappa shape index (κ2) is 4.31. The zero-order valence-corrected chi connectivity index (χ0v) is 8.33. The van der Waals surface area contributed by atoms with Gasteiger partial charge in [-0.1, -0.05) is 5.16 Å². The van der Waals surface area contributed by atoms with Gasteiger partial charge in [0.1, 0.15) is 0 Å². The molecule has 0 aromatic carbocycles. The van der Waals surface area contributed by atoms with Crippen LogP contribution in [0.3, 0.4) is 0 Å². The molecular formula is C9H14N4O2. The third-order valence-corrected chi connectivity index (χ3v) is 2.57. The van der Waals surface area contributed by atoms with Crippen LogP contribution in [0.4, 0.5) is 0 Å². The van der Waals surface area contributed by atoms with Crippen LogP contribution in [0, 0.1) is 0 Å². The van der Waals surface area contributed by atoms with Gasteiger partial charge in [0.15, 0.2) is 5.84 Å². The van der Waals surface area contributed by atoms with E-state index in [0.29, 0.717) is 11.6 Å². The first-order valence-electron chi connectivity index (χ1n) is 4.91. The highest BCUT2D eigenvalue weighted by atomic mass is 16.5. The highest BCUT2D eigenvalue weighted by molar-refractivity contribution is 5.96. The highest BCUT2D eigenvalue weighted by Crippen LogP contribution is 2.19. The lowest BCUT2D eigenvalue weighted by molar-refractivity contribution is 0.0662. The Labute approximate surface area is 87.3 Å². The lowest BCUT2D eigenvalue weighted by Crippen LogP contribution is -2.20. The first-order valence-corrected chi connectivity index (χ1v) is 4.91. The van der Waals surface area contributed by atoms with Crippen LogP contribution in [-0.2, 0) is 4.74 Å². The molecule has 0 unspecified atom stereocenters. The quantitative estimate of drug-likeness (QED) is 0.319. The van der Waals surface area contributed by atoms with E-state index in [-0.39, 0.29) is 5.84 Å². The molecule has 82 valence electrons. The van der Waals surface area contributed by atoms with Gasteiger partial charge in [-0.3, -0.25) is 4.68 Å². The predicted octanol–water partition coefficient (Wildman–Crippen LogP) is 0.329. The number of oxime groups is 1. The van der Waals surface area contributed by atoms with E-state index in [0.717, 1.165) is 26.1 Å². The molecule has 2 rings (SSSR count). The van der Waals surface area contributed by atoms with Gasteiger partial charge in [-0.25, -0.2) is 0 Å². The van der Waals surface area contributed by atoms with Gasteiger partial charge in [0.2, 0.25) is 0 Å². The molecule has 0 radical (unpaired) electrons. The molecule has 1 saturated heterocycles. The third kappa shape index (κ3) is 2.10. The van der Waals surface area contributed by atoms with Gasteiger partial charge in [0.05, 0.1) is 17.8 Å². The van der Waals surface area contributed by atoms with Gasteiger partial charge < -0.3 is 15.7 Å². The second-order valence-corrected chi connectivity index (χ2v) is 3.54. The number of hydrogen-bond donors (Lipinski definition) is 2. The first kappa shape index (κ1) is 9.97. The molecule has 2 heterocycles. The average Bonchev–Trinajstić information content (AvgIpc) is 2.78. The Morgan fingerprint density at radius 2 is 2.33 bits per heavy atom. The largest absolute Gasteiger partial charge is 0.409 e. The summed E-state index contributed by atoms with van der Waals surface area (Å²) in [4.78, 5) is 0. The van der Waals surface area contributed by atoms with Crippen molar-refractivity contribution < 1.29 is 9.94 Å². The lowest BCUT2D eigenvalue weighted by Gasteiger charge is -2.22. The number of ether oxygens (including phenoxy) is 1. The molecule has 0 amide bonds.